The van der Waals surface area contributed by atoms with Crippen LogP contribution in [0.3, 0.4) is 0 Å². The number of hydrogen-bond donors (Lipinski definition) is 0. The summed E-state index contributed by atoms with van der Waals surface area (Å²) < 4.78 is 2.41. The van der Waals surface area contributed by atoms with Crippen molar-refractivity contribution < 1.29 is 0 Å². The van der Waals surface area contributed by atoms with Crippen molar-refractivity contribution in [2.24, 2.45) is 7.05 Å². The second-order valence-electron chi connectivity index (χ2n) is 4.05. The van der Waals surface area contributed by atoms with Gasteiger partial charge in [0.25, 0.3) is 5.56 Å². The van der Waals surface area contributed by atoms with Gasteiger partial charge in [-0.15, -0.1) is 0 Å². The number of aromatic nitrogens is 2. The first kappa shape index (κ1) is 13.1. The van der Waals surface area contributed by atoms with Gasteiger partial charge in [0, 0.05) is 24.3 Å². The van der Waals surface area contributed by atoms with Gasteiger partial charge in [0.1, 0.15) is 0 Å². The van der Waals surface area contributed by atoms with Gasteiger partial charge >= 0.3 is 5.69 Å². The monoisotopic (exact) mass is 275 g/mol. The molecule has 2 rings (SSSR count). The third-order valence-corrected chi connectivity index (χ3v) is 3.10. The van der Waals surface area contributed by atoms with E-state index >= 15 is 0 Å². The molecule has 1 heterocycles. The van der Waals surface area contributed by atoms with Crippen LogP contribution in [0.25, 0.3) is 0 Å². The van der Waals surface area contributed by atoms with Crippen molar-refractivity contribution in [1.29, 1.82) is 5.26 Å². The molecule has 0 bridgehead atoms. The maximum Gasteiger partial charge on any atom is 0.331 e. The van der Waals surface area contributed by atoms with E-state index in [0.717, 1.165) is 4.57 Å². The summed E-state index contributed by atoms with van der Waals surface area (Å²) in [5.74, 6) is 0. The first-order valence-corrected chi connectivity index (χ1v) is 5.85. The van der Waals surface area contributed by atoms with Gasteiger partial charge < -0.3 is 4.57 Å². The smallest absolute Gasteiger partial charge is 0.303 e. The number of benzene rings is 1. The quantitative estimate of drug-likeness (QED) is 0.825. The van der Waals surface area contributed by atoms with E-state index in [2.05, 4.69) is 0 Å². The third kappa shape index (κ3) is 2.59. The van der Waals surface area contributed by atoms with Crippen LogP contribution < -0.4 is 11.2 Å². The second kappa shape index (κ2) is 5.12. The van der Waals surface area contributed by atoms with Gasteiger partial charge in [-0.1, -0.05) is 17.7 Å². The van der Waals surface area contributed by atoms with E-state index in [-0.39, 0.29) is 12.1 Å². The molecule has 6 heteroatoms. The Balaban J connectivity index is 2.49. The third-order valence-electron chi connectivity index (χ3n) is 2.75. The maximum absolute atomic E-state index is 11.9. The van der Waals surface area contributed by atoms with Gasteiger partial charge in [-0.25, -0.2) is 4.79 Å². The highest BCUT2D eigenvalue weighted by Crippen LogP contribution is 2.17. The van der Waals surface area contributed by atoms with E-state index in [9.17, 15) is 9.59 Å². The van der Waals surface area contributed by atoms with Crippen LogP contribution in [0.15, 0.2) is 40.1 Å². The minimum Gasteiger partial charge on any atom is -0.303 e. The lowest BCUT2D eigenvalue weighted by Gasteiger charge is -2.08. The molecule has 1 aromatic heterocycles. The Hall–Kier alpha value is -2.32. The standard InChI is InChI=1S/C13H10ClN3O2/c1-16-5-4-12(18)17(13(16)19)8-10-3-2-9(7-15)6-11(10)14/h2-6H,8H2,1H3. The molecule has 0 aliphatic rings. The average Bonchev–Trinajstić information content (AvgIpc) is 2.40. The molecule has 0 aliphatic carbocycles. The van der Waals surface area contributed by atoms with E-state index in [0.29, 0.717) is 16.1 Å². The van der Waals surface area contributed by atoms with E-state index in [1.165, 1.54) is 22.9 Å². The van der Waals surface area contributed by atoms with Gasteiger partial charge in [-0.05, 0) is 17.7 Å². The SMILES string of the molecule is Cn1ccc(=O)n(Cc2ccc(C#N)cc2Cl)c1=O. The summed E-state index contributed by atoms with van der Waals surface area (Å²) in [7, 11) is 1.57. The molecule has 0 saturated carbocycles. The number of nitrogens with zero attached hydrogens (tertiary/aromatic N) is 3. The molecule has 0 aliphatic heterocycles. The minimum atomic E-state index is -0.409. The molecule has 1 aromatic carbocycles. The summed E-state index contributed by atoms with van der Waals surface area (Å²) in [6, 6.07) is 8.04. The summed E-state index contributed by atoms with van der Waals surface area (Å²) in [6.07, 6.45) is 1.42. The largest absolute Gasteiger partial charge is 0.331 e. The highest BCUT2D eigenvalue weighted by molar-refractivity contribution is 6.31. The van der Waals surface area contributed by atoms with Crippen molar-refractivity contribution in [2.45, 2.75) is 6.54 Å². The van der Waals surface area contributed by atoms with E-state index < -0.39 is 5.69 Å². The van der Waals surface area contributed by atoms with Crippen LogP contribution in [0, 0.1) is 11.3 Å². The van der Waals surface area contributed by atoms with Gasteiger partial charge in [-0.2, -0.15) is 5.26 Å². The lowest BCUT2D eigenvalue weighted by atomic mass is 10.1. The number of hydrogen-bond acceptors (Lipinski definition) is 3. The van der Waals surface area contributed by atoms with Crippen molar-refractivity contribution in [2.75, 3.05) is 0 Å². The topological polar surface area (TPSA) is 67.8 Å². The van der Waals surface area contributed by atoms with Crippen LogP contribution in [-0.4, -0.2) is 9.13 Å². The van der Waals surface area contributed by atoms with Crippen molar-refractivity contribution in [3.05, 3.63) is 67.4 Å². The molecule has 2 aromatic rings. The van der Waals surface area contributed by atoms with Crippen molar-refractivity contribution in [3.63, 3.8) is 0 Å². The summed E-state index contributed by atoms with van der Waals surface area (Å²) in [5, 5.41) is 9.11. The van der Waals surface area contributed by atoms with E-state index in [4.69, 9.17) is 16.9 Å². The lowest BCUT2D eigenvalue weighted by molar-refractivity contribution is 0.639. The number of aryl methyl sites for hydroxylation is 1. The van der Waals surface area contributed by atoms with E-state index in [1.807, 2.05) is 6.07 Å². The number of nitriles is 1. The van der Waals surface area contributed by atoms with Crippen molar-refractivity contribution in [1.82, 2.24) is 9.13 Å². The minimum absolute atomic E-state index is 0.0802. The van der Waals surface area contributed by atoms with Gasteiger partial charge in [-0.3, -0.25) is 9.36 Å². The molecule has 0 N–H and O–H groups in total. The maximum atomic E-state index is 11.9. The summed E-state index contributed by atoms with van der Waals surface area (Å²) in [5.41, 5.74) is 0.254. The summed E-state index contributed by atoms with van der Waals surface area (Å²) in [4.78, 5) is 23.5. The number of rotatable bonds is 2. The highest BCUT2D eigenvalue weighted by Gasteiger charge is 2.07. The number of halogens is 1. The van der Waals surface area contributed by atoms with Crippen LogP contribution in [0.4, 0.5) is 0 Å². The fourth-order valence-electron chi connectivity index (χ4n) is 1.67. The fourth-order valence-corrected chi connectivity index (χ4v) is 1.92. The Morgan fingerprint density at radius 1 is 1.32 bits per heavy atom. The van der Waals surface area contributed by atoms with Gasteiger partial charge in [0.05, 0.1) is 18.2 Å². The molecule has 0 amide bonds. The first-order valence-electron chi connectivity index (χ1n) is 5.48. The Bertz CT molecular complexity index is 784. The molecular weight excluding hydrogens is 266 g/mol. The summed E-state index contributed by atoms with van der Waals surface area (Å²) >= 11 is 6.03. The Morgan fingerprint density at radius 2 is 2.05 bits per heavy atom. The molecule has 0 unspecified atom stereocenters. The molecule has 0 spiro atoms. The van der Waals surface area contributed by atoms with Crippen molar-refractivity contribution >= 4 is 11.6 Å². The van der Waals surface area contributed by atoms with E-state index in [1.54, 1.807) is 19.2 Å². The summed E-state index contributed by atoms with van der Waals surface area (Å²) in [6.45, 7) is 0.0802. The van der Waals surface area contributed by atoms with Crippen LogP contribution >= 0.6 is 11.6 Å². The zero-order chi connectivity index (χ0) is 14.0. The zero-order valence-corrected chi connectivity index (χ0v) is 10.9. The fraction of sp³-hybridized carbons (Fsp3) is 0.154. The Labute approximate surface area is 113 Å². The molecule has 0 atom stereocenters. The normalized spacial score (nSPS) is 10.2. The van der Waals surface area contributed by atoms with Gasteiger partial charge in [0.2, 0.25) is 0 Å². The molecule has 0 radical (unpaired) electrons. The Kier molecular flexibility index (Phi) is 3.54. The van der Waals surface area contributed by atoms with Crippen LogP contribution in [0.5, 0.6) is 0 Å². The predicted molar refractivity (Wildman–Crippen MR) is 71.2 cm³/mol. The lowest BCUT2D eigenvalue weighted by Crippen LogP contribution is -2.38. The molecule has 19 heavy (non-hydrogen) atoms. The molecule has 96 valence electrons. The second-order valence-corrected chi connectivity index (χ2v) is 4.46. The highest BCUT2D eigenvalue weighted by atomic mass is 35.5. The molecular formula is C13H10ClN3O2. The molecule has 0 saturated heterocycles. The van der Waals surface area contributed by atoms with Crippen LogP contribution in [-0.2, 0) is 13.6 Å². The van der Waals surface area contributed by atoms with Gasteiger partial charge in [0.15, 0.2) is 0 Å². The first-order chi connectivity index (χ1) is 9.02. The molecule has 0 fully saturated rings. The van der Waals surface area contributed by atoms with Crippen molar-refractivity contribution in [3.8, 4) is 6.07 Å². The Morgan fingerprint density at radius 3 is 2.68 bits per heavy atom. The average molecular weight is 276 g/mol. The molecule has 5 nitrogen and oxygen atoms in total. The zero-order valence-electron chi connectivity index (χ0n) is 10.1. The van der Waals surface area contributed by atoms with Crippen LogP contribution in [0.1, 0.15) is 11.1 Å². The van der Waals surface area contributed by atoms with Crippen LogP contribution in [0.2, 0.25) is 5.02 Å². The predicted octanol–water partition coefficient (Wildman–Crippen LogP) is 1.12.